The van der Waals surface area contributed by atoms with Crippen LogP contribution in [0, 0.1) is 0 Å². The van der Waals surface area contributed by atoms with Gasteiger partial charge in [0.1, 0.15) is 0 Å². The summed E-state index contributed by atoms with van der Waals surface area (Å²) in [6, 6.07) is 0. The lowest BCUT2D eigenvalue weighted by Gasteiger charge is -1.92. The molecule has 1 nitrogen and oxygen atoms in total. The van der Waals surface area contributed by atoms with E-state index in [2.05, 4.69) is 4.99 Å². The highest BCUT2D eigenvalue weighted by molar-refractivity contribution is 5.85. The zero-order chi connectivity index (χ0) is 2.83. The van der Waals surface area contributed by atoms with Crippen LogP contribution in [-0.4, -0.2) is 12.8 Å². The monoisotopic (exact) mass is 91.0 g/mol. The Morgan fingerprint density at radius 3 is 1.80 bits per heavy atom. The van der Waals surface area contributed by atoms with Gasteiger partial charge in [-0.3, -0.25) is 4.99 Å². The van der Waals surface area contributed by atoms with Gasteiger partial charge in [-0.2, -0.15) is 0 Å². The van der Waals surface area contributed by atoms with Gasteiger partial charge in [0, 0.05) is 19.2 Å². The van der Waals surface area contributed by atoms with Crippen LogP contribution in [0.3, 0.4) is 0 Å². The van der Waals surface area contributed by atoms with Crippen LogP contribution in [0.2, 0.25) is 0 Å². The molecule has 0 aromatic rings. The second-order valence-corrected chi connectivity index (χ2v) is 0.877. The van der Waals surface area contributed by atoms with Crippen molar-refractivity contribution in [3.05, 3.63) is 0 Å². The Morgan fingerprint density at radius 2 is 1.80 bits per heavy atom. The SMILES string of the molecule is C1=NCC1.Cl. The van der Waals surface area contributed by atoms with E-state index in [0.29, 0.717) is 0 Å². The molecule has 0 saturated heterocycles. The highest BCUT2D eigenvalue weighted by atomic mass is 35.5. The molecule has 1 aliphatic heterocycles. The number of aliphatic imine (C=N–C) groups is 1. The first-order valence-corrected chi connectivity index (χ1v) is 1.48. The molecule has 0 fully saturated rings. The van der Waals surface area contributed by atoms with Gasteiger partial charge in [0.15, 0.2) is 0 Å². The molecule has 1 aliphatic rings. The largest absolute Gasteiger partial charge is 0.297 e. The third-order valence-corrected chi connectivity index (χ3v) is 0.516. The minimum atomic E-state index is 0. The molecule has 1 heterocycles. The molecule has 0 saturated carbocycles. The molecule has 0 bridgehead atoms. The maximum absolute atomic E-state index is 3.79. The van der Waals surface area contributed by atoms with E-state index < -0.39 is 0 Å². The number of rotatable bonds is 0. The Bertz CT molecular complexity index is 36.2. The summed E-state index contributed by atoms with van der Waals surface area (Å²) in [6.07, 6.45) is 3.14. The highest BCUT2D eigenvalue weighted by Crippen LogP contribution is 1.84. The lowest BCUT2D eigenvalue weighted by Crippen LogP contribution is -1.91. The van der Waals surface area contributed by atoms with Crippen molar-refractivity contribution in [2.75, 3.05) is 6.54 Å². The van der Waals surface area contributed by atoms with Gasteiger partial charge in [-0.1, -0.05) is 0 Å². The van der Waals surface area contributed by atoms with Crippen LogP contribution in [0.5, 0.6) is 0 Å². The molecule has 30 valence electrons. The molecule has 5 heavy (non-hydrogen) atoms. The molecule has 2 heteroatoms. The number of halogens is 1. The van der Waals surface area contributed by atoms with Gasteiger partial charge in [-0.15, -0.1) is 12.4 Å². The summed E-state index contributed by atoms with van der Waals surface area (Å²) >= 11 is 0. The molecule has 0 N–H and O–H groups in total. The second kappa shape index (κ2) is 2.21. The zero-order valence-electron chi connectivity index (χ0n) is 2.85. The summed E-state index contributed by atoms with van der Waals surface area (Å²) in [6.45, 7) is 1.07. The fraction of sp³-hybridized carbons (Fsp3) is 0.667. The molecule has 0 atom stereocenters. The summed E-state index contributed by atoms with van der Waals surface area (Å²) in [4.78, 5) is 3.79. The summed E-state index contributed by atoms with van der Waals surface area (Å²) in [5.41, 5.74) is 0. The summed E-state index contributed by atoms with van der Waals surface area (Å²) in [5.74, 6) is 0. The standard InChI is InChI=1S/C3H5N.ClH/c1-2-4-3-1;/h2H,1,3H2;1H. The summed E-state index contributed by atoms with van der Waals surface area (Å²) in [7, 11) is 0. The van der Waals surface area contributed by atoms with Gasteiger partial charge in [-0.05, 0) is 0 Å². The van der Waals surface area contributed by atoms with Gasteiger partial charge < -0.3 is 0 Å². The first-order chi connectivity index (χ1) is 2.00. The number of hydrogen-bond acceptors (Lipinski definition) is 1. The maximum Gasteiger partial charge on any atom is 0.0434 e. The quantitative estimate of drug-likeness (QED) is 0.420. The fourth-order valence-corrected chi connectivity index (χ4v) is 0.129. The zero-order valence-corrected chi connectivity index (χ0v) is 3.66. The van der Waals surface area contributed by atoms with Crippen molar-refractivity contribution in [3.63, 3.8) is 0 Å². The van der Waals surface area contributed by atoms with E-state index in [1.54, 1.807) is 0 Å². The van der Waals surface area contributed by atoms with Crippen molar-refractivity contribution in [3.8, 4) is 0 Å². The molecular formula is C3H6ClN. The van der Waals surface area contributed by atoms with Crippen molar-refractivity contribution in [2.45, 2.75) is 6.42 Å². The Balaban J connectivity index is 0.000000160. The highest BCUT2D eigenvalue weighted by Gasteiger charge is 1.82. The molecule has 0 unspecified atom stereocenters. The van der Waals surface area contributed by atoms with E-state index in [9.17, 15) is 0 Å². The van der Waals surface area contributed by atoms with Crippen molar-refractivity contribution in [1.29, 1.82) is 0 Å². The maximum atomic E-state index is 3.79. The third kappa shape index (κ3) is 0.970. The van der Waals surface area contributed by atoms with Gasteiger partial charge in [0.05, 0.1) is 0 Å². The molecule has 0 aliphatic carbocycles. The van der Waals surface area contributed by atoms with Crippen LogP contribution in [0.25, 0.3) is 0 Å². The fourth-order valence-electron chi connectivity index (χ4n) is 0.129. The van der Waals surface area contributed by atoms with Crippen molar-refractivity contribution < 1.29 is 0 Å². The van der Waals surface area contributed by atoms with E-state index in [-0.39, 0.29) is 12.4 Å². The minimum Gasteiger partial charge on any atom is -0.297 e. The first-order valence-electron chi connectivity index (χ1n) is 1.48. The molecule has 0 aromatic carbocycles. The van der Waals surface area contributed by atoms with E-state index in [1.807, 2.05) is 6.21 Å². The number of hydrogen-bond donors (Lipinski definition) is 0. The predicted molar refractivity (Wildman–Crippen MR) is 25.2 cm³/mol. The van der Waals surface area contributed by atoms with Gasteiger partial charge in [-0.25, -0.2) is 0 Å². The summed E-state index contributed by atoms with van der Waals surface area (Å²) < 4.78 is 0. The van der Waals surface area contributed by atoms with E-state index >= 15 is 0 Å². The van der Waals surface area contributed by atoms with Crippen LogP contribution in [0.4, 0.5) is 0 Å². The number of nitrogens with zero attached hydrogens (tertiary/aromatic N) is 1. The van der Waals surface area contributed by atoms with Crippen LogP contribution >= 0.6 is 12.4 Å². The van der Waals surface area contributed by atoms with E-state index in [4.69, 9.17) is 0 Å². The topological polar surface area (TPSA) is 12.4 Å². The second-order valence-electron chi connectivity index (χ2n) is 0.877. The first kappa shape index (κ1) is 4.96. The lowest BCUT2D eigenvalue weighted by molar-refractivity contribution is 0.978. The van der Waals surface area contributed by atoms with Crippen molar-refractivity contribution in [1.82, 2.24) is 0 Å². The normalized spacial score (nSPS) is 16.0. The van der Waals surface area contributed by atoms with Crippen LogP contribution in [0.15, 0.2) is 4.99 Å². The molecule has 0 spiro atoms. The average molecular weight is 91.5 g/mol. The van der Waals surface area contributed by atoms with E-state index in [1.165, 1.54) is 6.42 Å². The van der Waals surface area contributed by atoms with Gasteiger partial charge >= 0.3 is 0 Å². The molecule has 0 aromatic heterocycles. The molecule has 1 rings (SSSR count). The minimum absolute atomic E-state index is 0. The third-order valence-electron chi connectivity index (χ3n) is 0.516. The van der Waals surface area contributed by atoms with Crippen molar-refractivity contribution >= 4 is 18.6 Å². The Hall–Kier alpha value is -0.0400. The van der Waals surface area contributed by atoms with Gasteiger partial charge in [0.2, 0.25) is 0 Å². The molecule has 0 radical (unpaired) electrons. The molecular weight excluding hydrogens is 85.5 g/mol. The lowest BCUT2D eigenvalue weighted by atomic mass is 10.4. The van der Waals surface area contributed by atoms with Gasteiger partial charge in [0.25, 0.3) is 0 Å². The molecule has 0 amide bonds. The average Bonchev–Trinajstić information content (AvgIpc) is 0.722. The van der Waals surface area contributed by atoms with E-state index in [0.717, 1.165) is 6.54 Å². The Labute approximate surface area is 37.5 Å². The van der Waals surface area contributed by atoms with Crippen LogP contribution < -0.4 is 0 Å². The summed E-state index contributed by atoms with van der Waals surface area (Å²) in [5, 5.41) is 0. The smallest absolute Gasteiger partial charge is 0.0434 e. The Morgan fingerprint density at radius 1 is 1.60 bits per heavy atom. The van der Waals surface area contributed by atoms with Crippen LogP contribution in [-0.2, 0) is 0 Å². The predicted octanol–water partition coefficient (Wildman–Crippen LogP) is 0.883. The van der Waals surface area contributed by atoms with Crippen molar-refractivity contribution in [2.24, 2.45) is 4.99 Å². The van der Waals surface area contributed by atoms with Crippen LogP contribution in [0.1, 0.15) is 6.42 Å². The Kier molecular flexibility index (Phi) is 2.19.